The highest BCUT2D eigenvalue weighted by atomic mass is 16.3. The van der Waals surface area contributed by atoms with Crippen LogP contribution < -0.4 is 16.0 Å². The maximum atomic E-state index is 6.34. The Morgan fingerprint density at radius 1 is 0.947 bits per heavy atom. The lowest BCUT2D eigenvalue weighted by Crippen LogP contribution is -2.57. The lowest BCUT2D eigenvalue weighted by atomic mass is 9.90. The van der Waals surface area contributed by atoms with Gasteiger partial charge in [-0.2, -0.15) is 14.5 Å². The number of hydrogen-bond acceptors (Lipinski definition) is 10. The third kappa shape index (κ3) is 4.33. The molecule has 0 spiro atoms. The number of furan rings is 3. The van der Waals surface area contributed by atoms with E-state index in [0.717, 1.165) is 62.9 Å². The van der Waals surface area contributed by atoms with Crippen molar-refractivity contribution in [1.29, 1.82) is 0 Å². The molecule has 0 aliphatic carbocycles. The van der Waals surface area contributed by atoms with Gasteiger partial charge in [0.25, 0.3) is 5.78 Å². The van der Waals surface area contributed by atoms with Crippen LogP contribution in [-0.2, 0) is 0 Å². The van der Waals surface area contributed by atoms with Crippen LogP contribution in [0.1, 0.15) is 30.4 Å². The molecule has 0 bridgehead atoms. The lowest BCUT2D eigenvalue weighted by molar-refractivity contribution is 0.0936. The van der Waals surface area contributed by atoms with Crippen molar-refractivity contribution in [3.63, 3.8) is 0 Å². The Morgan fingerprint density at radius 2 is 1.74 bits per heavy atom. The fourth-order valence-corrected chi connectivity index (χ4v) is 5.72. The number of nitrogens with one attached hydrogen (secondary N) is 1. The highest BCUT2D eigenvalue weighted by Crippen LogP contribution is 2.29. The second kappa shape index (κ2) is 9.66. The quantitative estimate of drug-likeness (QED) is 0.333. The lowest BCUT2D eigenvalue weighted by Gasteiger charge is -2.46. The summed E-state index contributed by atoms with van der Waals surface area (Å²) in [5.41, 5.74) is 6.34. The average Bonchev–Trinajstić information content (AvgIpc) is 3.75. The van der Waals surface area contributed by atoms with Crippen LogP contribution in [0.15, 0.2) is 74.5 Å². The molecule has 5 aromatic rings. The molecular formula is C27H30N8O3. The summed E-state index contributed by atoms with van der Waals surface area (Å²) in [6.45, 7) is 4.76. The first-order chi connectivity index (χ1) is 18.7. The Kier molecular flexibility index (Phi) is 5.86. The molecule has 2 unspecified atom stereocenters. The van der Waals surface area contributed by atoms with Gasteiger partial charge in [0, 0.05) is 44.8 Å². The summed E-state index contributed by atoms with van der Waals surface area (Å²) in [5.74, 6) is 5.20. The van der Waals surface area contributed by atoms with E-state index in [1.807, 2.05) is 42.5 Å². The van der Waals surface area contributed by atoms with Crippen LogP contribution in [0.25, 0.3) is 17.4 Å². The Labute approximate surface area is 219 Å². The third-order valence-electron chi connectivity index (χ3n) is 7.66. The molecule has 38 heavy (non-hydrogen) atoms. The summed E-state index contributed by atoms with van der Waals surface area (Å²) < 4.78 is 18.4. The predicted octanol–water partition coefficient (Wildman–Crippen LogP) is 3.43. The van der Waals surface area contributed by atoms with E-state index in [1.54, 1.807) is 23.3 Å². The fourth-order valence-electron chi connectivity index (χ4n) is 5.72. The summed E-state index contributed by atoms with van der Waals surface area (Å²) >= 11 is 0. The topological polar surface area (TPSA) is 127 Å². The van der Waals surface area contributed by atoms with Crippen LogP contribution in [-0.4, -0.2) is 63.2 Å². The molecule has 5 aromatic heterocycles. The molecule has 7 heterocycles. The summed E-state index contributed by atoms with van der Waals surface area (Å²) in [5, 5.41) is 8.15. The first kappa shape index (κ1) is 23.1. The minimum Gasteiger partial charge on any atom is -0.467 e. The van der Waals surface area contributed by atoms with Crippen molar-refractivity contribution in [2.24, 2.45) is 5.92 Å². The molecule has 2 aliphatic heterocycles. The molecule has 2 atom stereocenters. The minimum absolute atomic E-state index is 0.0773. The van der Waals surface area contributed by atoms with Crippen LogP contribution in [0, 0.1) is 5.92 Å². The molecule has 3 N–H and O–H groups in total. The van der Waals surface area contributed by atoms with Gasteiger partial charge in [0.2, 0.25) is 5.82 Å². The first-order valence-electron chi connectivity index (χ1n) is 13.1. The first-order valence-corrected chi connectivity index (χ1v) is 13.1. The van der Waals surface area contributed by atoms with Crippen molar-refractivity contribution >= 4 is 17.4 Å². The Morgan fingerprint density at radius 3 is 2.47 bits per heavy atom. The standard InChI is InChI=1S/C27H30N8O3/c28-23-14-24(30-27-31-26(32-35(23)27)22-6-3-13-38-22)34-10-9-33-16-18(7-8-19(33)17-34)15-29-25(20-4-1-11-36-20)21-5-2-12-37-21/h1-6,11-14,18-19,25,29H,7-10,15-17,28H2. The van der Waals surface area contributed by atoms with E-state index in [0.29, 0.717) is 35.1 Å². The number of nitrogen functional groups attached to an aromatic ring is 1. The van der Waals surface area contributed by atoms with Gasteiger partial charge in [0.1, 0.15) is 29.2 Å². The molecule has 0 radical (unpaired) electrons. The van der Waals surface area contributed by atoms with E-state index in [9.17, 15) is 0 Å². The normalized spacial score (nSPS) is 20.4. The summed E-state index contributed by atoms with van der Waals surface area (Å²) in [4.78, 5) is 14.3. The predicted molar refractivity (Wildman–Crippen MR) is 140 cm³/mol. The van der Waals surface area contributed by atoms with E-state index in [4.69, 9.17) is 24.0 Å². The Bertz CT molecular complexity index is 1440. The van der Waals surface area contributed by atoms with Crippen molar-refractivity contribution in [3.8, 4) is 11.6 Å². The average molecular weight is 515 g/mol. The molecule has 2 fully saturated rings. The zero-order valence-corrected chi connectivity index (χ0v) is 20.9. The van der Waals surface area contributed by atoms with E-state index >= 15 is 0 Å². The van der Waals surface area contributed by atoms with Gasteiger partial charge in [-0.05, 0) is 55.2 Å². The van der Waals surface area contributed by atoms with Crippen molar-refractivity contribution in [2.45, 2.75) is 24.9 Å². The number of piperidine rings is 1. The highest BCUT2D eigenvalue weighted by molar-refractivity contribution is 5.57. The number of piperazine rings is 1. The fraction of sp³-hybridized carbons (Fsp3) is 0.370. The number of hydrogen-bond donors (Lipinski definition) is 2. The van der Waals surface area contributed by atoms with Gasteiger partial charge in [0.15, 0.2) is 5.76 Å². The second-order valence-corrected chi connectivity index (χ2v) is 10.1. The molecule has 0 aromatic carbocycles. The van der Waals surface area contributed by atoms with Gasteiger partial charge in [-0.15, -0.1) is 5.10 Å². The minimum atomic E-state index is -0.0773. The van der Waals surface area contributed by atoms with E-state index in [1.165, 1.54) is 0 Å². The molecular weight excluding hydrogens is 484 g/mol. The van der Waals surface area contributed by atoms with Gasteiger partial charge >= 0.3 is 0 Å². The van der Waals surface area contributed by atoms with Crippen molar-refractivity contribution in [3.05, 3.63) is 72.8 Å². The van der Waals surface area contributed by atoms with Crippen LogP contribution >= 0.6 is 0 Å². The van der Waals surface area contributed by atoms with Crippen LogP contribution in [0.4, 0.5) is 11.6 Å². The van der Waals surface area contributed by atoms with E-state index in [2.05, 4.69) is 25.2 Å². The molecule has 11 heteroatoms. The van der Waals surface area contributed by atoms with Crippen LogP contribution in [0.5, 0.6) is 0 Å². The van der Waals surface area contributed by atoms with Crippen LogP contribution in [0.2, 0.25) is 0 Å². The number of nitrogens with two attached hydrogens (primary N) is 1. The molecule has 0 saturated carbocycles. The van der Waals surface area contributed by atoms with Crippen molar-refractivity contribution in [1.82, 2.24) is 29.8 Å². The Balaban J connectivity index is 1.00. The number of aromatic nitrogens is 4. The van der Waals surface area contributed by atoms with Gasteiger partial charge in [-0.1, -0.05) is 0 Å². The SMILES string of the molecule is Nc1cc(N2CCN3CC(CNC(c4ccco4)c4ccco4)CCC3C2)nc2nc(-c3ccco3)nn12. The molecule has 0 amide bonds. The molecule has 2 saturated heterocycles. The maximum Gasteiger partial charge on any atom is 0.256 e. The van der Waals surface area contributed by atoms with Crippen molar-refractivity contribution in [2.75, 3.05) is 43.4 Å². The zero-order valence-electron chi connectivity index (χ0n) is 20.9. The van der Waals surface area contributed by atoms with Gasteiger partial charge in [0.05, 0.1) is 18.8 Å². The molecule has 11 nitrogen and oxygen atoms in total. The van der Waals surface area contributed by atoms with Gasteiger partial charge < -0.3 is 29.2 Å². The second-order valence-electron chi connectivity index (χ2n) is 10.1. The van der Waals surface area contributed by atoms with Gasteiger partial charge in [-0.3, -0.25) is 4.90 Å². The summed E-state index contributed by atoms with van der Waals surface area (Å²) in [6.07, 6.45) is 7.32. The Hall–Kier alpha value is -4.09. The molecule has 2 aliphatic rings. The molecule has 7 rings (SSSR count). The van der Waals surface area contributed by atoms with E-state index < -0.39 is 0 Å². The van der Waals surface area contributed by atoms with Crippen LogP contribution in [0.3, 0.4) is 0 Å². The van der Waals surface area contributed by atoms with E-state index in [-0.39, 0.29) is 6.04 Å². The molecule has 196 valence electrons. The highest BCUT2D eigenvalue weighted by Gasteiger charge is 2.34. The number of fused-ring (bicyclic) bond motifs is 2. The largest absolute Gasteiger partial charge is 0.467 e. The smallest absolute Gasteiger partial charge is 0.256 e. The zero-order chi connectivity index (χ0) is 25.5. The number of anilines is 2. The number of rotatable bonds is 7. The monoisotopic (exact) mass is 514 g/mol. The third-order valence-corrected chi connectivity index (χ3v) is 7.66. The van der Waals surface area contributed by atoms with Gasteiger partial charge in [-0.25, -0.2) is 0 Å². The number of nitrogens with zero attached hydrogens (tertiary/aromatic N) is 6. The van der Waals surface area contributed by atoms with Crippen molar-refractivity contribution < 1.29 is 13.3 Å². The summed E-state index contributed by atoms with van der Waals surface area (Å²) in [6, 6.07) is 13.8. The maximum absolute atomic E-state index is 6.34. The summed E-state index contributed by atoms with van der Waals surface area (Å²) in [7, 11) is 0.